The van der Waals surface area contributed by atoms with E-state index >= 15 is 0 Å². The number of anilines is 1. The molecule has 0 bridgehead atoms. The van der Waals surface area contributed by atoms with E-state index in [1.165, 1.54) is 12.0 Å². The van der Waals surface area contributed by atoms with E-state index in [2.05, 4.69) is 52.5 Å². The van der Waals surface area contributed by atoms with Crippen LogP contribution in [-0.4, -0.2) is 32.9 Å². The molecule has 0 saturated carbocycles. The van der Waals surface area contributed by atoms with Gasteiger partial charge in [0.05, 0.1) is 6.04 Å². The second-order valence-corrected chi connectivity index (χ2v) is 6.35. The van der Waals surface area contributed by atoms with Gasteiger partial charge < -0.3 is 5.73 Å². The van der Waals surface area contributed by atoms with E-state index in [-0.39, 0.29) is 0 Å². The molecule has 0 amide bonds. The molecule has 1 aliphatic rings. The third-order valence-corrected chi connectivity index (χ3v) is 4.75. The molecule has 23 heavy (non-hydrogen) atoms. The SMILES string of the molecule is Cc1ccc(-c2nc([C@@H]3CCCN3C)n3ccnc(N)c23)cc1. The Kier molecular flexibility index (Phi) is 3.31. The summed E-state index contributed by atoms with van der Waals surface area (Å²) in [4.78, 5) is 11.6. The second-order valence-electron chi connectivity index (χ2n) is 6.35. The molecule has 118 valence electrons. The van der Waals surface area contributed by atoms with Gasteiger partial charge in [0.15, 0.2) is 0 Å². The fraction of sp³-hybridized carbons (Fsp3) is 0.333. The van der Waals surface area contributed by atoms with Gasteiger partial charge in [-0.25, -0.2) is 9.97 Å². The van der Waals surface area contributed by atoms with Crippen LogP contribution >= 0.6 is 0 Å². The van der Waals surface area contributed by atoms with E-state index in [1.54, 1.807) is 6.20 Å². The maximum atomic E-state index is 6.19. The topological polar surface area (TPSA) is 59.5 Å². The van der Waals surface area contributed by atoms with Crippen molar-refractivity contribution in [2.24, 2.45) is 0 Å². The van der Waals surface area contributed by atoms with Crippen molar-refractivity contribution in [2.75, 3.05) is 19.3 Å². The first-order valence-corrected chi connectivity index (χ1v) is 8.05. The van der Waals surface area contributed by atoms with Crippen molar-refractivity contribution in [3.05, 3.63) is 48.0 Å². The van der Waals surface area contributed by atoms with Gasteiger partial charge >= 0.3 is 0 Å². The number of fused-ring (bicyclic) bond motifs is 1. The van der Waals surface area contributed by atoms with Crippen molar-refractivity contribution < 1.29 is 0 Å². The van der Waals surface area contributed by atoms with Crippen LogP contribution in [0.25, 0.3) is 16.8 Å². The maximum Gasteiger partial charge on any atom is 0.150 e. The van der Waals surface area contributed by atoms with Gasteiger partial charge in [-0.2, -0.15) is 0 Å². The molecule has 5 nitrogen and oxygen atoms in total. The smallest absolute Gasteiger partial charge is 0.150 e. The standard InChI is InChI=1S/C18H21N5/c1-12-5-7-13(8-6-12)15-16-17(19)20-9-11-23(16)18(21-15)14-4-3-10-22(14)2/h5-9,11,14H,3-4,10H2,1-2H3,(H2,19,20)/t14-/m0/s1. The molecule has 2 aromatic heterocycles. The molecule has 4 rings (SSSR count). The molecular weight excluding hydrogens is 286 g/mol. The predicted octanol–water partition coefficient (Wildman–Crippen LogP) is 3.05. The van der Waals surface area contributed by atoms with E-state index in [4.69, 9.17) is 10.7 Å². The Balaban J connectivity index is 1.95. The van der Waals surface area contributed by atoms with Crippen LogP contribution in [0.2, 0.25) is 0 Å². The fourth-order valence-corrected chi connectivity index (χ4v) is 3.47. The molecular formula is C18H21N5. The van der Waals surface area contributed by atoms with Crippen LogP contribution in [-0.2, 0) is 0 Å². The molecule has 3 heterocycles. The van der Waals surface area contributed by atoms with E-state index < -0.39 is 0 Å². The van der Waals surface area contributed by atoms with Gasteiger partial charge in [-0.05, 0) is 33.4 Å². The van der Waals surface area contributed by atoms with Crippen LogP contribution in [0.5, 0.6) is 0 Å². The zero-order valence-corrected chi connectivity index (χ0v) is 13.5. The normalized spacial score (nSPS) is 18.8. The van der Waals surface area contributed by atoms with Crippen molar-refractivity contribution in [1.82, 2.24) is 19.3 Å². The number of likely N-dealkylation sites (tertiary alicyclic amines) is 1. The number of nitrogen functional groups attached to an aromatic ring is 1. The summed E-state index contributed by atoms with van der Waals surface area (Å²) in [5.74, 6) is 1.59. The van der Waals surface area contributed by atoms with Crippen molar-refractivity contribution in [3.63, 3.8) is 0 Å². The minimum atomic E-state index is 0.337. The number of imidazole rings is 1. The lowest BCUT2D eigenvalue weighted by atomic mass is 10.1. The molecule has 1 fully saturated rings. The van der Waals surface area contributed by atoms with E-state index in [0.717, 1.165) is 35.6 Å². The van der Waals surface area contributed by atoms with Gasteiger partial charge in [-0.3, -0.25) is 9.30 Å². The van der Waals surface area contributed by atoms with Gasteiger partial charge in [-0.1, -0.05) is 29.8 Å². The first kappa shape index (κ1) is 14.2. The summed E-state index contributed by atoms with van der Waals surface area (Å²) in [5.41, 5.74) is 10.3. The molecule has 3 aromatic rings. The lowest BCUT2D eigenvalue weighted by Gasteiger charge is -2.18. The molecule has 0 radical (unpaired) electrons. The van der Waals surface area contributed by atoms with Crippen molar-refractivity contribution in [2.45, 2.75) is 25.8 Å². The first-order valence-electron chi connectivity index (χ1n) is 8.05. The summed E-state index contributed by atoms with van der Waals surface area (Å²) in [6, 6.07) is 8.75. The second kappa shape index (κ2) is 5.35. The number of nitrogens with two attached hydrogens (primary N) is 1. The van der Waals surface area contributed by atoms with E-state index in [1.807, 2.05) is 6.20 Å². The minimum absolute atomic E-state index is 0.337. The number of aryl methyl sites for hydroxylation is 1. The summed E-state index contributed by atoms with van der Waals surface area (Å²) in [6.45, 7) is 3.20. The molecule has 5 heteroatoms. The van der Waals surface area contributed by atoms with Gasteiger partial charge in [0.2, 0.25) is 0 Å². The van der Waals surface area contributed by atoms with Gasteiger partial charge in [0.25, 0.3) is 0 Å². The summed E-state index contributed by atoms with van der Waals surface area (Å²) in [6.07, 6.45) is 6.06. The highest BCUT2D eigenvalue weighted by molar-refractivity contribution is 5.85. The Morgan fingerprint density at radius 2 is 2.00 bits per heavy atom. The lowest BCUT2D eigenvalue weighted by Crippen LogP contribution is -2.19. The van der Waals surface area contributed by atoms with Crippen LogP contribution in [0.1, 0.15) is 30.3 Å². The van der Waals surface area contributed by atoms with Gasteiger partial charge in [-0.15, -0.1) is 0 Å². The molecule has 2 N–H and O–H groups in total. The van der Waals surface area contributed by atoms with Gasteiger partial charge in [0.1, 0.15) is 22.9 Å². The van der Waals surface area contributed by atoms with Crippen molar-refractivity contribution in [3.8, 4) is 11.3 Å². The van der Waals surface area contributed by atoms with Crippen LogP contribution in [0, 0.1) is 6.92 Å². The number of rotatable bonds is 2. The summed E-state index contributed by atoms with van der Waals surface area (Å²) >= 11 is 0. The number of benzene rings is 1. The molecule has 0 aliphatic carbocycles. The molecule has 1 atom stereocenters. The fourth-order valence-electron chi connectivity index (χ4n) is 3.47. The maximum absolute atomic E-state index is 6.19. The number of aromatic nitrogens is 3. The van der Waals surface area contributed by atoms with Gasteiger partial charge in [0, 0.05) is 18.0 Å². The number of nitrogens with zero attached hydrogens (tertiary/aromatic N) is 4. The Morgan fingerprint density at radius 1 is 1.22 bits per heavy atom. The zero-order valence-electron chi connectivity index (χ0n) is 13.5. The lowest BCUT2D eigenvalue weighted by molar-refractivity contribution is 0.305. The van der Waals surface area contributed by atoms with E-state index in [0.29, 0.717) is 11.9 Å². The minimum Gasteiger partial charge on any atom is -0.382 e. The van der Waals surface area contributed by atoms with Crippen LogP contribution in [0.4, 0.5) is 5.82 Å². The van der Waals surface area contributed by atoms with Crippen molar-refractivity contribution >= 4 is 11.3 Å². The van der Waals surface area contributed by atoms with E-state index in [9.17, 15) is 0 Å². The highest BCUT2D eigenvalue weighted by Gasteiger charge is 2.28. The van der Waals surface area contributed by atoms with Crippen LogP contribution < -0.4 is 5.73 Å². The monoisotopic (exact) mass is 307 g/mol. The van der Waals surface area contributed by atoms with Crippen LogP contribution in [0.15, 0.2) is 36.7 Å². The molecule has 0 unspecified atom stereocenters. The number of hydrogen-bond acceptors (Lipinski definition) is 4. The summed E-state index contributed by atoms with van der Waals surface area (Å²) in [7, 11) is 2.16. The zero-order chi connectivity index (χ0) is 16.0. The number of hydrogen-bond donors (Lipinski definition) is 1. The summed E-state index contributed by atoms with van der Waals surface area (Å²) in [5, 5.41) is 0. The van der Waals surface area contributed by atoms with Crippen LogP contribution in [0.3, 0.4) is 0 Å². The Morgan fingerprint density at radius 3 is 2.70 bits per heavy atom. The largest absolute Gasteiger partial charge is 0.382 e. The average molecular weight is 307 g/mol. The highest BCUT2D eigenvalue weighted by Crippen LogP contribution is 2.35. The average Bonchev–Trinajstić information content (AvgIpc) is 3.12. The molecule has 1 aliphatic heterocycles. The quantitative estimate of drug-likeness (QED) is 0.790. The van der Waals surface area contributed by atoms with Crippen molar-refractivity contribution in [1.29, 1.82) is 0 Å². The molecule has 0 spiro atoms. The molecule has 1 saturated heterocycles. The Labute approximate surface area is 135 Å². The Hall–Kier alpha value is -2.40. The third kappa shape index (κ3) is 2.28. The molecule has 1 aromatic carbocycles. The third-order valence-electron chi connectivity index (χ3n) is 4.75. The first-order chi connectivity index (χ1) is 11.1. The Bertz CT molecular complexity index is 850. The predicted molar refractivity (Wildman–Crippen MR) is 92.2 cm³/mol. The highest BCUT2D eigenvalue weighted by atomic mass is 15.2. The summed E-state index contributed by atoms with van der Waals surface area (Å²) < 4.78 is 2.12.